The van der Waals surface area contributed by atoms with Crippen LogP contribution in [0.5, 0.6) is 0 Å². The van der Waals surface area contributed by atoms with Gasteiger partial charge in [0.05, 0.1) is 6.54 Å². The lowest BCUT2D eigenvalue weighted by atomic mass is 10.1. The molecule has 100 valence electrons. The SMILES string of the molecule is CNC(=O)CN1CCC(NS(=O)(=O)CCl)CC1. The van der Waals surface area contributed by atoms with Crippen LogP contribution in [0.15, 0.2) is 0 Å². The number of likely N-dealkylation sites (N-methyl/N-ethyl adjacent to an activating group) is 1. The van der Waals surface area contributed by atoms with E-state index in [-0.39, 0.29) is 11.9 Å². The van der Waals surface area contributed by atoms with Crippen molar-refractivity contribution >= 4 is 27.5 Å². The minimum absolute atomic E-state index is 0.0233. The lowest BCUT2D eigenvalue weighted by Gasteiger charge is -2.31. The first-order valence-electron chi connectivity index (χ1n) is 5.45. The van der Waals surface area contributed by atoms with Crippen LogP contribution in [0.1, 0.15) is 12.8 Å². The summed E-state index contributed by atoms with van der Waals surface area (Å²) in [7, 11) is -1.75. The fourth-order valence-corrected chi connectivity index (χ4v) is 2.77. The van der Waals surface area contributed by atoms with Crippen LogP contribution in [0.25, 0.3) is 0 Å². The first kappa shape index (κ1) is 14.7. The summed E-state index contributed by atoms with van der Waals surface area (Å²) in [6.07, 6.45) is 1.40. The van der Waals surface area contributed by atoms with Crippen molar-refractivity contribution in [1.29, 1.82) is 0 Å². The van der Waals surface area contributed by atoms with E-state index in [1.807, 2.05) is 4.90 Å². The van der Waals surface area contributed by atoms with Gasteiger partial charge < -0.3 is 5.32 Å². The number of carbonyl (C=O) groups excluding carboxylic acids is 1. The molecule has 17 heavy (non-hydrogen) atoms. The van der Waals surface area contributed by atoms with E-state index in [4.69, 9.17) is 11.6 Å². The Morgan fingerprint density at radius 3 is 2.47 bits per heavy atom. The standard InChI is InChI=1S/C9H18ClN3O3S/c1-11-9(14)6-13-4-2-8(3-5-13)12-17(15,16)7-10/h8,12H,2-7H2,1H3,(H,11,14). The number of sulfonamides is 1. The molecule has 1 amide bonds. The zero-order valence-electron chi connectivity index (χ0n) is 9.78. The smallest absolute Gasteiger partial charge is 0.233 e. The third kappa shape index (κ3) is 5.20. The molecule has 1 saturated heterocycles. The van der Waals surface area contributed by atoms with Gasteiger partial charge in [-0.2, -0.15) is 0 Å². The van der Waals surface area contributed by atoms with Gasteiger partial charge in [-0.25, -0.2) is 13.1 Å². The van der Waals surface area contributed by atoms with Crippen LogP contribution in [0.4, 0.5) is 0 Å². The first-order chi connectivity index (χ1) is 7.96. The molecule has 8 heteroatoms. The maximum atomic E-state index is 11.3. The molecular formula is C9H18ClN3O3S. The molecule has 0 aromatic rings. The molecule has 0 aromatic carbocycles. The summed E-state index contributed by atoms with van der Waals surface area (Å²) in [6.45, 7) is 1.79. The van der Waals surface area contributed by atoms with Gasteiger partial charge in [-0.3, -0.25) is 9.69 Å². The van der Waals surface area contributed by atoms with Gasteiger partial charge in [0.15, 0.2) is 0 Å². The highest BCUT2D eigenvalue weighted by Crippen LogP contribution is 2.11. The second kappa shape index (κ2) is 6.53. The van der Waals surface area contributed by atoms with Crippen LogP contribution in [0, 0.1) is 0 Å². The van der Waals surface area contributed by atoms with Gasteiger partial charge in [0, 0.05) is 26.2 Å². The fourth-order valence-electron chi connectivity index (χ4n) is 1.78. The van der Waals surface area contributed by atoms with E-state index < -0.39 is 15.2 Å². The number of piperidine rings is 1. The maximum Gasteiger partial charge on any atom is 0.233 e. The number of carbonyl (C=O) groups is 1. The Hall–Kier alpha value is -0.370. The summed E-state index contributed by atoms with van der Waals surface area (Å²) in [6, 6.07) is -0.0697. The quantitative estimate of drug-likeness (QED) is 0.655. The molecule has 0 aliphatic carbocycles. The fraction of sp³-hybridized carbons (Fsp3) is 0.889. The molecule has 0 atom stereocenters. The Balaban J connectivity index is 2.33. The summed E-state index contributed by atoms with van der Waals surface area (Å²) < 4.78 is 25.1. The average molecular weight is 284 g/mol. The van der Waals surface area contributed by atoms with Crippen molar-refractivity contribution in [2.75, 3.05) is 31.9 Å². The number of amides is 1. The van der Waals surface area contributed by atoms with Crippen LogP contribution < -0.4 is 10.0 Å². The van der Waals surface area contributed by atoms with Crippen LogP contribution >= 0.6 is 11.6 Å². The van der Waals surface area contributed by atoms with Gasteiger partial charge in [-0.15, -0.1) is 11.6 Å². The predicted octanol–water partition coefficient (Wildman–Crippen LogP) is -0.687. The molecule has 1 heterocycles. The van der Waals surface area contributed by atoms with E-state index in [1.54, 1.807) is 7.05 Å². The van der Waals surface area contributed by atoms with Crippen molar-refractivity contribution in [3.05, 3.63) is 0 Å². The van der Waals surface area contributed by atoms with E-state index in [0.717, 1.165) is 0 Å². The molecule has 1 aliphatic heterocycles. The zero-order valence-corrected chi connectivity index (χ0v) is 11.4. The lowest BCUT2D eigenvalue weighted by Crippen LogP contribution is -2.47. The average Bonchev–Trinajstić information content (AvgIpc) is 2.31. The van der Waals surface area contributed by atoms with Crippen LogP contribution in [-0.2, 0) is 14.8 Å². The zero-order chi connectivity index (χ0) is 12.9. The Labute approximate surface area is 107 Å². The minimum Gasteiger partial charge on any atom is -0.358 e. The monoisotopic (exact) mass is 283 g/mol. The van der Waals surface area contributed by atoms with Crippen LogP contribution in [0.3, 0.4) is 0 Å². The molecule has 1 aliphatic rings. The van der Waals surface area contributed by atoms with E-state index >= 15 is 0 Å². The van der Waals surface area contributed by atoms with Crippen LogP contribution in [0.2, 0.25) is 0 Å². The van der Waals surface area contributed by atoms with Crippen LogP contribution in [-0.4, -0.2) is 57.2 Å². The molecule has 1 rings (SSSR count). The predicted molar refractivity (Wildman–Crippen MR) is 66.3 cm³/mol. The van der Waals surface area contributed by atoms with E-state index in [9.17, 15) is 13.2 Å². The van der Waals surface area contributed by atoms with Gasteiger partial charge >= 0.3 is 0 Å². The molecule has 0 radical (unpaired) electrons. The minimum atomic E-state index is -3.35. The molecule has 0 unspecified atom stereocenters. The van der Waals surface area contributed by atoms with E-state index in [2.05, 4.69) is 10.0 Å². The normalized spacial score (nSPS) is 19.2. The number of alkyl halides is 1. The van der Waals surface area contributed by atoms with Crippen molar-refractivity contribution in [3.8, 4) is 0 Å². The Kier molecular flexibility index (Phi) is 5.64. The van der Waals surface area contributed by atoms with Gasteiger partial charge in [-0.05, 0) is 12.8 Å². The maximum absolute atomic E-state index is 11.3. The number of halogens is 1. The second-order valence-corrected chi connectivity index (χ2v) is 6.40. The number of nitrogens with one attached hydrogen (secondary N) is 2. The van der Waals surface area contributed by atoms with E-state index in [0.29, 0.717) is 32.5 Å². The van der Waals surface area contributed by atoms with Crippen molar-refractivity contribution in [3.63, 3.8) is 0 Å². The molecule has 0 bridgehead atoms. The molecular weight excluding hydrogens is 266 g/mol. The highest BCUT2D eigenvalue weighted by atomic mass is 35.5. The molecule has 2 N–H and O–H groups in total. The lowest BCUT2D eigenvalue weighted by molar-refractivity contribution is -0.122. The Morgan fingerprint density at radius 1 is 1.41 bits per heavy atom. The molecule has 1 fully saturated rings. The Bertz CT molecular complexity index is 352. The number of nitrogens with zero attached hydrogens (tertiary/aromatic N) is 1. The van der Waals surface area contributed by atoms with Gasteiger partial charge in [0.25, 0.3) is 0 Å². The van der Waals surface area contributed by atoms with Gasteiger partial charge in [0.2, 0.25) is 15.9 Å². The number of rotatable bonds is 5. The van der Waals surface area contributed by atoms with Crippen molar-refractivity contribution < 1.29 is 13.2 Å². The highest BCUT2D eigenvalue weighted by molar-refractivity contribution is 7.90. The highest BCUT2D eigenvalue weighted by Gasteiger charge is 2.23. The number of likely N-dealkylation sites (tertiary alicyclic amines) is 1. The topological polar surface area (TPSA) is 78.5 Å². The molecule has 6 nitrogen and oxygen atoms in total. The van der Waals surface area contributed by atoms with Gasteiger partial charge in [-0.1, -0.05) is 0 Å². The molecule has 0 aromatic heterocycles. The number of hydrogen-bond acceptors (Lipinski definition) is 4. The Morgan fingerprint density at radius 2 is 2.00 bits per heavy atom. The molecule has 0 saturated carbocycles. The molecule has 0 spiro atoms. The summed E-state index contributed by atoms with van der Waals surface area (Å²) in [5, 5.41) is 2.15. The van der Waals surface area contributed by atoms with Crippen molar-refractivity contribution in [2.45, 2.75) is 18.9 Å². The van der Waals surface area contributed by atoms with Gasteiger partial charge in [0.1, 0.15) is 5.21 Å². The summed E-state index contributed by atoms with van der Waals surface area (Å²) in [4.78, 5) is 13.2. The van der Waals surface area contributed by atoms with E-state index in [1.165, 1.54) is 0 Å². The largest absolute Gasteiger partial charge is 0.358 e. The first-order valence-corrected chi connectivity index (χ1v) is 7.64. The van der Waals surface area contributed by atoms with Crippen molar-refractivity contribution in [2.24, 2.45) is 0 Å². The third-order valence-electron chi connectivity index (χ3n) is 2.72. The summed E-state index contributed by atoms with van der Waals surface area (Å²) in [5.74, 6) is -0.0233. The third-order valence-corrected chi connectivity index (χ3v) is 4.57. The summed E-state index contributed by atoms with van der Waals surface area (Å²) in [5.41, 5.74) is 0. The second-order valence-electron chi connectivity index (χ2n) is 4.07. The number of hydrogen-bond donors (Lipinski definition) is 2. The van der Waals surface area contributed by atoms with Crippen molar-refractivity contribution in [1.82, 2.24) is 14.9 Å². The summed E-state index contributed by atoms with van der Waals surface area (Å²) >= 11 is 5.31.